The monoisotopic (exact) mass is 272 g/mol. The quantitative estimate of drug-likeness (QED) is 0.730. The molecule has 1 heterocycles. The number of hydrogen-bond donors (Lipinski definition) is 2. The fraction of sp³-hybridized carbons (Fsp3) is 0.750. The molecule has 7 heteroatoms. The molecule has 0 aliphatic carbocycles. The molecule has 1 fully saturated rings. The van der Waals surface area contributed by atoms with Gasteiger partial charge in [-0.15, -0.1) is 0 Å². The van der Waals surface area contributed by atoms with E-state index in [2.05, 4.69) is 5.32 Å². The number of carboxylic acids is 1. The number of carboxylic acid groups (broad SMARTS) is 1. The molecular formula is C12H20N2O5. The normalized spacial score (nSPS) is 20.5. The van der Waals surface area contributed by atoms with Crippen LogP contribution in [0.4, 0.5) is 4.79 Å². The Morgan fingerprint density at radius 2 is 2.11 bits per heavy atom. The third-order valence-corrected chi connectivity index (χ3v) is 3.03. The van der Waals surface area contributed by atoms with Crippen molar-refractivity contribution in [1.82, 2.24) is 10.2 Å². The van der Waals surface area contributed by atoms with Crippen LogP contribution in [0.5, 0.6) is 0 Å². The number of nitrogens with zero attached hydrogens (tertiary/aromatic N) is 1. The van der Waals surface area contributed by atoms with Gasteiger partial charge in [0.05, 0.1) is 6.61 Å². The Labute approximate surface area is 111 Å². The zero-order chi connectivity index (χ0) is 14.4. The Hall–Kier alpha value is -1.79. The number of rotatable bonds is 4. The van der Waals surface area contributed by atoms with Gasteiger partial charge in [0.25, 0.3) is 0 Å². The molecule has 1 aliphatic rings. The van der Waals surface area contributed by atoms with E-state index in [9.17, 15) is 14.4 Å². The smallest absolute Gasteiger partial charge is 0.328 e. The van der Waals surface area contributed by atoms with Crippen LogP contribution in [0.2, 0.25) is 0 Å². The molecule has 0 aromatic carbocycles. The van der Waals surface area contributed by atoms with Crippen molar-refractivity contribution in [3.8, 4) is 0 Å². The highest BCUT2D eigenvalue weighted by atomic mass is 16.5. The molecule has 1 rings (SSSR count). The van der Waals surface area contributed by atoms with E-state index in [-0.39, 0.29) is 6.61 Å². The molecule has 0 saturated carbocycles. The van der Waals surface area contributed by atoms with Crippen LogP contribution in [0.3, 0.4) is 0 Å². The van der Waals surface area contributed by atoms with Crippen molar-refractivity contribution < 1.29 is 24.2 Å². The molecule has 1 aliphatic heterocycles. The first kappa shape index (κ1) is 15.3. The average molecular weight is 272 g/mol. The lowest BCUT2D eigenvalue weighted by molar-refractivity contribution is -0.144. The minimum Gasteiger partial charge on any atom is -0.480 e. The highest BCUT2D eigenvalue weighted by Crippen LogP contribution is 2.17. The van der Waals surface area contributed by atoms with Crippen LogP contribution < -0.4 is 5.32 Å². The molecule has 108 valence electrons. The first-order valence-electron chi connectivity index (χ1n) is 6.44. The van der Waals surface area contributed by atoms with Gasteiger partial charge < -0.3 is 20.1 Å². The number of aliphatic carboxylic acids is 1. The van der Waals surface area contributed by atoms with Crippen LogP contribution in [0, 0.1) is 0 Å². The first-order valence-corrected chi connectivity index (χ1v) is 6.44. The molecule has 2 atom stereocenters. The summed E-state index contributed by atoms with van der Waals surface area (Å²) in [5, 5.41) is 11.5. The SMILES string of the molecule is CCOC(=O)C(C)NC(=O)N1CCCCC1C(=O)O. The number of likely N-dealkylation sites (tertiary alicyclic amines) is 1. The van der Waals surface area contributed by atoms with Gasteiger partial charge in [-0.1, -0.05) is 0 Å². The lowest BCUT2D eigenvalue weighted by Crippen LogP contribution is -2.54. The van der Waals surface area contributed by atoms with E-state index >= 15 is 0 Å². The zero-order valence-corrected chi connectivity index (χ0v) is 11.2. The van der Waals surface area contributed by atoms with E-state index in [0.717, 1.165) is 12.8 Å². The Kier molecular flexibility index (Phi) is 5.59. The summed E-state index contributed by atoms with van der Waals surface area (Å²) in [7, 11) is 0. The molecule has 0 radical (unpaired) electrons. The fourth-order valence-corrected chi connectivity index (χ4v) is 2.03. The van der Waals surface area contributed by atoms with Gasteiger partial charge in [0.1, 0.15) is 12.1 Å². The lowest BCUT2D eigenvalue weighted by Gasteiger charge is -2.33. The maximum Gasteiger partial charge on any atom is 0.328 e. The van der Waals surface area contributed by atoms with Crippen molar-refractivity contribution in [2.45, 2.75) is 45.2 Å². The van der Waals surface area contributed by atoms with Crippen molar-refractivity contribution in [1.29, 1.82) is 0 Å². The van der Waals surface area contributed by atoms with E-state index in [0.29, 0.717) is 13.0 Å². The van der Waals surface area contributed by atoms with E-state index in [1.807, 2.05) is 0 Å². The predicted molar refractivity (Wildman–Crippen MR) is 66.6 cm³/mol. The zero-order valence-electron chi connectivity index (χ0n) is 11.2. The maximum atomic E-state index is 12.0. The van der Waals surface area contributed by atoms with Crippen LogP contribution >= 0.6 is 0 Å². The second-order valence-corrected chi connectivity index (χ2v) is 4.47. The maximum absolute atomic E-state index is 12.0. The Morgan fingerprint density at radius 3 is 2.68 bits per heavy atom. The molecule has 2 N–H and O–H groups in total. The van der Waals surface area contributed by atoms with Crippen LogP contribution in [0.1, 0.15) is 33.1 Å². The number of carbonyl (C=O) groups is 3. The average Bonchev–Trinajstić information content (AvgIpc) is 2.38. The number of amides is 2. The summed E-state index contributed by atoms with van der Waals surface area (Å²) in [4.78, 5) is 35.7. The molecule has 0 spiro atoms. The summed E-state index contributed by atoms with van der Waals surface area (Å²) in [6, 6.07) is -2.14. The standard InChI is InChI=1S/C12H20N2O5/c1-3-19-11(17)8(2)13-12(18)14-7-5-4-6-9(14)10(15)16/h8-9H,3-7H2,1-2H3,(H,13,18)(H,15,16). The summed E-state index contributed by atoms with van der Waals surface area (Å²) in [6.45, 7) is 3.81. The third kappa shape index (κ3) is 4.11. The molecule has 0 bridgehead atoms. The van der Waals surface area contributed by atoms with Gasteiger partial charge in [0.15, 0.2) is 0 Å². The molecule has 1 saturated heterocycles. The van der Waals surface area contributed by atoms with Crippen LogP contribution in [0.15, 0.2) is 0 Å². The van der Waals surface area contributed by atoms with Gasteiger partial charge in [-0.3, -0.25) is 0 Å². The number of carbonyl (C=O) groups excluding carboxylic acids is 2. The number of ether oxygens (including phenoxy) is 1. The van der Waals surface area contributed by atoms with Crippen LogP contribution in [0.25, 0.3) is 0 Å². The summed E-state index contributed by atoms with van der Waals surface area (Å²) in [5.74, 6) is -1.54. The Morgan fingerprint density at radius 1 is 1.42 bits per heavy atom. The molecule has 7 nitrogen and oxygen atoms in total. The van der Waals surface area contributed by atoms with Gasteiger partial charge in [0.2, 0.25) is 0 Å². The topological polar surface area (TPSA) is 95.9 Å². The van der Waals surface area contributed by atoms with E-state index in [1.54, 1.807) is 6.92 Å². The number of nitrogens with one attached hydrogen (secondary N) is 1. The first-order chi connectivity index (χ1) is 8.97. The van der Waals surface area contributed by atoms with Gasteiger partial charge in [-0.25, -0.2) is 14.4 Å². The van der Waals surface area contributed by atoms with E-state index < -0.39 is 30.1 Å². The minimum absolute atomic E-state index is 0.237. The number of esters is 1. The van der Waals surface area contributed by atoms with Crippen molar-refractivity contribution in [2.75, 3.05) is 13.2 Å². The molecule has 0 aromatic rings. The van der Waals surface area contributed by atoms with Gasteiger partial charge in [-0.2, -0.15) is 0 Å². The number of hydrogen-bond acceptors (Lipinski definition) is 4. The van der Waals surface area contributed by atoms with Gasteiger partial charge in [-0.05, 0) is 33.1 Å². The molecule has 0 aromatic heterocycles. The van der Waals surface area contributed by atoms with Gasteiger partial charge >= 0.3 is 18.0 Å². The molecular weight excluding hydrogens is 252 g/mol. The predicted octanol–water partition coefficient (Wildman–Crippen LogP) is 0.587. The lowest BCUT2D eigenvalue weighted by atomic mass is 10.0. The summed E-state index contributed by atoms with van der Waals surface area (Å²) < 4.78 is 4.78. The Bertz CT molecular complexity index is 358. The highest BCUT2D eigenvalue weighted by molar-refractivity contribution is 5.86. The van der Waals surface area contributed by atoms with E-state index in [4.69, 9.17) is 9.84 Å². The summed E-state index contributed by atoms with van der Waals surface area (Å²) in [6.07, 6.45) is 2.00. The van der Waals surface area contributed by atoms with Crippen molar-refractivity contribution in [3.05, 3.63) is 0 Å². The largest absolute Gasteiger partial charge is 0.480 e. The molecule has 2 unspecified atom stereocenters. The van der Waals surface area contributed by atoms with Crippen LogP contribution in [-0.2, 0) is 14.3 Å². The fourth-order valence-electron chi connectivity index (χ4n) is 2.03. The van der Waals surface area contributed by atoms with Crippen molar-refractivity contribution in [3.63, 3.8) is 0 Å². The molecule has 19 heavy (non-hydrogen) atoms. The molecule has 2 amide bonds. The minimum atomic E-state index is -1.02. The van der Waals surface area contributed by atoms with Gasteiger partial charge in [0, 0.05) is 6.54 Å². The summed E-state index contributed by atoms with van der Waals surface area (Å²) >= 11 is 0. The third-order valence-electron chi connectivity index (χ3n) is 3.03. The number of urea groups is 1. The van der Waals surface area contributed by atoms with Crippen LogP contribution in [-0.4, -0.2) is 53.2 Å². The number of piperidine rings is 1. The van der Waals surface area contributed by atoms with Crippen molar-refractivity contribution in [2.24, 2.45) is 0 Å². The second-order valence-electron chi connectivity index (χ2n) is 4.47. The highest BCUT2D eigenvalue weighted by Gasteiger charge is 2.33. The van der Waals surface area contributed by atoms with E-state index in [1.165, 1.54) is 11.8 Å². The Balaban J connectivity index is 2.60. The summed E-state index contributed by atoms with van der Waals surface area (Å²) in [5.41, 5.74) is 0. The second kappa shape index (κ2) is 6.96. The van der Waals surface area contributed by atoms with Crippen molar-refractivity contribution >= 4 is 18.0 Å².